The van der Waals surface area contributed by atoms with E-state index < -0.39 is 0 Å². The molecule has 0 aliphatic carbocycles. The monoisotopic (exact) mass is 227 g/mol. The number of ketones is 1. The number of rotatable bonds is 1. The van der Waals surface area contributed by atoms with Gasteiger partial charge in [0.15, 0.2) is 5.78 Å². The first-order chi connectivity index (χ1) is 7.89. The molecule has 17 heavy (non-hydrogen) atoms. The highest BCUT2D eigenvalue weighted by atomic mass is 16.1. The van der Waals surface area contributed by atoms with Crippen molar-refractivity contribution in [2.24, 2.45) is 0 Å². The van der Waals surface area contributed by atoms with Crippen LogP contribution in [0.5, 0.6) is 0 Å². The number of nitrogens with zero attached hydrogens (tertiary/aromatic N) is 1. The summed E-state index contributed by atoms with van der Waals surface area (Å²) in [4.78, 5) is 16.3. The molecular formula is C15H17NO. The van der Waals surface area contributed by atoms with Crippen LogP contribution >= 0.6 is 0 Å². The Kier molecular flexibility index (Phi) is 2.74. The molecule has 0 aliphatic rings. The van der Waals surface area contributed by atoms with Gasteiger partial charge < -0.3 is 0 Å². The van der Waals surface area contributed by atoms with Crippen LogP contribution in [0, 0.1) is 0 Å². The lowest BCUT2D eigenvalue weighted by atomic mass is 9.89. The van der Waals surface area contributed by atoms with E-state index in [1.807, 2.05) is 30.3 Å². The fraction of sp³-hybridized carbons (Fsp3) is 0.333. The summed E-state index contributed by atoms with van der Waals surface area (Å²) in [6, 6.07) is 9.71. The van der Waals surface area contributed by atoms with Crippen LogP contribution in [0.15, 0.2) is 30.3 Å². The maximum atomic E-state index is 11.7. The highest BCUT2D eigenvalue weighted by molar-refractivity contribution is 6.06. The Bertz CT molecular complexity index is 579. The first kappa shape index (κ1) is 11.8. The standard InChI is InChI=1S/C15H17NO/c1-10(17)12-9-14(15(2,3)4)16-13-8-6-5-7-11(12)13/h5-9H,1-4H3. The summed E-state index contributed by atoms with van der Waals surface area (Å²) >= 11 is 0. The molecule has 0 bridgehead atoms. The van der Waals surface area contributed by atoms with Gasteiger partial charge in [-0.1, -0.05) is 39.0 Å². The summed E-state index contributed by atoms with van der Waals surface area (Å²) < 4.78 is 0. The normalized spacial score (nSPS) is 11.8. The van der Waals surface area contributed by atoms with E-state index in [1.165, 1.54) is 0 Å². The second-order valence-electron chi connectivity index (χ2n) is 5.38. The van der Waals surface area contributed by atoms with Crippen LogP contribution in [0.1, 0.15) is 43.7 Å². The van der Waals surface area contributed by atoms with Gasteiger partial charge in [-0.3, -0.25) is 9.78 Å². The summed E-state index contributed by atoms with van der Waals surface area (Å²) in [5, 5.41) is 0.938. The number of hydrogen-bond acceptors (Lipinski definition) is 2. The molecule has 2 nitrogen and oxygen atoms in total. The molecule has 0 spiro atoms. The molecule has 2 rings (SSSR count). The number of carbonyl (C=O) groups is 1. The lowest BCUT2D eigenvalue weighted by molar-refractivity contribution is 0.101. The zero-order valence-corrected chi connectivity index (χ0v) is 10.7. The Morgan fingerprint density at radius 1 is 1.18 bits per heavy atom. The molecule has 0 saturated carbocycles. The zero-order chi connectivity index (χ0) is 12.6. The Morgan fingerprint density at radius 3 is 2.41 bits per heavy atom. The van der Waals surface area contributed by atoms with Crippen molar-refractivity contribution in [1.29, 1.82) is 0 Å². The van der Waals surface area contributed by atoms with Gasteiger partial charge in [0.25, 0.3) is 0 Å². The fourth-order valence-electron chi connectivity index (χ4n) is 1.85. The summed E-state index contributed by atoms with van der Waals surface area (Å²) in [5.41, 5.74) is 2.57. The quantitative estimate of drug-likeness (QED) is 0.695. The molecule has 1 aromatic heterocycles. The molecule has 0 radical (unpaired) electrons. The number of pyridine rings is 1. The predicted molar refractivity (Wildman–Crippen MR) is 70.4 cm³/mol. The number of hydrogen-bond donors (Lipinski definition) is 0. The largest absolute Gasteiger partial charge is 0.294 e. The zero-order valence-electron chi connectivity index (χ0n) is 10.7. The third-order valence-corrected chi connectivity index (χ3v) is 2.86. The molecule has 0 atom stereocenters. The molecule has 0 aliphatic heterocycles. The fourth-order valence-corrected chi connectivity index (χ4v) is 1.85. The molecule has 0 amide bonds. The van der Waals surface area contributed by atoms with Gasteiger partial charge >= 0.3 is 0 Å². The maximum absolute atomic E-state index is 11.7. The van der Waals surface area contributed by atoms with E-state index in [2.05, 4.69) is 25.8 Å². The van der Waals surface area contributed by atoms with E-state index in [0.717, 1.165) is 22.2 Å². The Morgan fingerprint density at radius 2 is 1.82 bits per heavy atom. The molecule has 88 valence electrons. The molecule has 0 saturated heterocycles. The minimum Gasteiger partial charge on any atom is -0.294 e. The minimum absolute atomic E-state index is 0.0474. The maximum Gasteiger partial charge on any atom is 0.160 e. The number of benzene rings is 1. The number of fused-ring (bicyclic) bond motifs is 1. The first-order valence-electron chi connectivity index (χ1n) is 5.81. The minimum atomic E-state index is -0.0474. The van der Waals surface area contributed by atoms with E-state index in [4.69, 9.17) is 0 Å². The van der Waals surface area contributed by atoms with Gasteiger partial charge in [-0.2, -0.15) is 0 Å². The van der Waals surface area contributed by atoms with Gasteiger partial charge in [-0.05, 0) is 19.1 Å². The van der Waals surface area contributed by atoms with E-state index in [1.54, 1.807) is 6.92 Å². The number of aromatic nitrogens is 1. The predicted octanol–water partition coefficient (Wildman–Crippen LogP) is 3.73. The number of carbonyl (C=O) groups excluding carboxylic acids is 1. The van der Waals surface area contributed by atoms with Gasteiger partial charge in [-0.15, -0.1) is 0 Å². The Labute approximate surface area is 102 Å². The van der Waals surface area contributed by atoms with Crippen molar-refractivity contribution in [2.45, 2.75) is 33.1 Å². The second-order valence-corrected chi connectivity index (χ2v) is 5.38. The van der Waals surface area contributed by atoms with Crippen LogP contribution in [0.2, 0.25) is 0 Å². The van der Waals surface area contributed by atoms with Crippen molar-refractivity contribution in [1.82, 2.24) is 4.98 Å². The van der Waals surface area contributed by atoms with Crippen LogP contribution in [-0.2, 0) is 5.41 Å². The lowest BCUT2D eigenvalue weighted by Crippen LogP contribution is -2.14. The van der Waals surface area contributed by atoms with Crippen LogP contribution in [-0.4, -0.2) is 10.8 Å². The van der Waals surface area contributed by atoms with Crippen LogP contribution < -0.4 is 0 Å². The van der Waals surface area contributed by atoms with Crippen LogP contribution in [0.25, 0.3) is 10.9 Å². The smallest absolute Gasteiger partial charge is 0.160 e. The molecule has 1 heterocycles. The van der Waals surface area contributed by atoms with Crippen LogP contribution in [0.4, 0.5) is 0 Å². The number of Topliss-reactive ketones (excluding diaryl/α,β-unsaturated/α-hetero) is 1. The van der Waals surface area contributed by atoms with Crippen LogP contribution in [0.3, 0.4) is 0 Å². The highest BCUT2D eigenvalue weighted by Gasteiger charge is 2.18. The first-order valence-corrected chi connectivity index (χ1v) is 5.81. The third kappa shape index (κ3) is 2.21. The van der Waals surface area contributed by atoms with Crippen molar-refractivity contribution in [3.8, 4) is 0 Å². The van der Waals surface area contributed by atoms with Gasteiger partial charge in [0.1, 0.15) is 0 Å². The lowest BCUT2D eigenvalue weighted by Gasteiger charge is -2.19. The van der Waals surface area contributed by atoms with E-state index >= 15 is 0 Å². The highest BCUT2D eigenvalue weighted by Crippen LogP contribution is 2.26. The van der Waals surface area contributed by atoms with E-state index in [9.17, 15) is 4.79 Å². The van der Waals surface area contributed by atoms with Crippen molar-refractivity contribution in [2.75, 3.05) is 0 Å². The van der Waals surface area contributed by atoms with Gasteiger partial charge in [0.05, 0.1) is 5.52 Å². The van der Waals surface area contributed by atoms with Gasteiger partial charge in [0, 0.05) is 22.1 Å². The van der Waals surface area contributed by atoms with Gasteiger partial charge in [0.2, 0.25) is 0 Å². The second kappa shape index (κ2) is 3.95. The van der Waals surface area contributed by atoms with Crippen molar-refractivity contribution in [3.63, 3.8) is 0 Å². The molecule has 0 N–H and O–H groups in total. The summed E-state index contributed by atoms with van der Waals surface area (Å²) in [7, 11) is 0. The summed E-state index contributed by atoms with van der Waals surface area (Å²) in [5.74, 6) is 0.0918. The van der Waals surface area contributed by atoms with Crippen molar-refractivity contribution in [3.05, 3.63) is 41.6 Å². The number of para-hydroxylation sites is 1. The molecular weight excluding hydrogens is 210 g/mol. The SMILES string of the molecule is CC(=O)c1cc(C(C)(C)C)nc2ccccc12. The molecule has 1 aromatic carbocycles. The molecule has 2 aromatic rings. The Balaban J connectivity index is 2.81. The van der Waals surface area contributed by atoms with Gasteiger partial charge in [-0.25, -0.2) is 0 Å². The topological polar surface area (TPSA) is 30.0 Å². The molecule has 2 heteroatoms. The van der Waals surface area contributed by atoms with E-state index in [-0.39, 0.29) is 11.2 Å². The van der Waals surface area contributed by atoms with Crippen molar-refractivity contribution < 1.29 is 4.79 Å². The Hall–Kier alpha value is -1.70. The van der Waals surface area contributed by atoms with E-state index in [0.29, 0.717) is 0 Å². The summed E-state index contributed by atoms with van der Waals surface area (Å²) in [6.07, 6.45) is 0. The summed E-state index contributed by atoms with van der Waals surface area (Å²) in [6.45, 7) is 7.92. The molecule has 0 unspecified atom stereocenters. The van der Waals surface area contributed by atoms with Crippen molar-refractivity contribution >= 4 is 16.7 Å². The third-order valence-electron chi connectivity index (χ3n) is 2.86. The average molecular weight is 227 g/mol. The average Bonchev–Trinajstić information content (AvgIpc) is 2.26. The molecule has 0 fully saturated rings.